The number of H-pyrrole nitrogens is 1. The molecule has 0 saturated carbocycles. The van der Waals surface area contributed by atoms with E-state index in [-0.39, 0.29) is 0 Å². The molecule has 1 heterocycles. The molecule has 0 aromatic carbocycles. The van der Waals surface area contributed by atoms with Crippen molar-refractivity contribution in [3.05, 3.63) is 6.33 Å². The van der Waals surface area contributed by atoms with Crippen LogP contribution in [-0.4, -0.2) is 33.5 Å². The second-order valence-corrected chi connectivity index (χ2v) is 5.07. The van der Waals surface area contributed by atoms with E-state index in [9.17, 15) is 0 Å². The minimum absolute atomic E-state index is 0.627. The van der Waals surface area contributed by atoms with Crippen LogP contribution in [0.3, 0.4) is 0 Å². The molecule has 92 valence electrons. The SMILES string of the molecule is CCCCCC(C)NCCSc1ncn[nH]1. The molecule has 0 bridgehead atoms. The molecule has 1 unspecified atom stereocenters. The van der Waals surface area contributed by atoms with Crippen molar-refractivity contribution in [2.45, 2.75) is 50.7 Å². The molecule has 0 spiro atoms. The summed E-state index contributed by atoms with van der Waals surface area (Å²) in [4.78, 5) is 4.06. The lowest BCUT2D eigenvalue weighted by Crippen LogP contribution is -2.28. The van der Waals surface area contributed by atoms with Crippen molar-refractivity contribution in [2.75, 3.05) is 12.3 Å². The average molecular weight is 242 g/mol. The molecule has 0 radical (unpaired) electrons. The van der Waals surface area contributed by atoms with Gasteiger partial charge in [-0.2, -0.15) is 5.10 Å². The molecule has 0 aliphatic rings. The predicted molar refractivity (Wildman–Crippen MR) is 68.7 cm³/mol. The van der Waals surface area contributed by atoms with Crippen LogP contribution < -0.4 is 5.32 Å². The lowest BCUT2D eigenvalue weighted by molar-refractivity contribution is 0.502. The van der Waals surface area contributed by atoms with Crippen LogP contribution in [0, 0.1) is 0 Å². The van der Waals surface area contributed by atoms with Crippen LogP contribution in [0.1, 0.15) is 39.5 Å². The van der Waals surface area contributed by atoms with Gasteiger partial charge < -0.3 is 5.32 Å². The molecular weight excluding hydrogens is 220 g/mol. The molecule has 1 aromatic rings. The Labute approximate surface area is 102 Å². The molecule has 1 atom stereocenters. The normalized spacial score (nSPS) is 12.9. The smallest absolute Gasteiger partial charge is 0.183 e. The van der Waals surface area contributed by atoms with Crippen LogP contribution in [0.2, 0.25) is 0 Å². The first-order chi connectivity index (χ1) is 7.83. The van der Waals surface area contributed by atoms with E-state index in [1.165, 1.54) is 25.7 Å². The zero-order chi connectivity index (χ0) is 11.6. The topological polar surface area (TPSA) is 53.6 Å². The molecule has 0 saturated heterocycles. The lowest BCUT2D eigenvalue weighted by Gasteiger charge is -2.12. The molecule has 4 nitrogen and oxygen atoms in total. The van der Waals surface area contributed by atoms with E-state index >= 15 is 0 Å². The summed E-state index contributed by atoms with van der Waals surface area (Å²) in [5.74, 6) is 1.04. The Morgan fingerprint density at radius 3 is 3.06 bits per heavy atom. The quantitative estimate of drug-likeness (QED) is 0.516. The Morgan fingerprint density at radius 2 is 2.38 bits per heavy atom. The third-order valence-electron chi connectivity index (χ3n) is 2.47. The molecule has 0 fully saturated rings. The summed E-state index contributed by atoms with van der Waals surface area (Å²) in [6, 6.07) is 0.627. The maximum Gasteiger partial charge on any atom is 0.183 e. The van der Waals surface area contributed by atoms with Gasteiger partial charge >= 0.3 is 0 Å². The monoisotopic (exact) mass is 242 g/mol. The van der Waals surface area contributed by atoms with E-state index < -0.39 is 0 Å². The van der Waals surface area contributed by atoms with E-state index in [1.54, 1.807) is 18.1 Å². The summed E-state index contributed by atoms with van der Waals surface area (Å²) >= 11 is 1.71. The van der Waals surface area contributed by atoms with E-state index in [0.29, 0.717) is 6.04 Å². The van der Waals surface area contributed by atoms with Gasteiger partial charge in [0.25, 0.3) is 0 Å². The van der Waals surface area contributed by atoms with Crippen LogP contribution in [0.25, 0.3) is 0 Å². The van der Waals surface area contributed by atoms with Crippen molar-refractivity contribution in [1.82, 2.24) is 20.5 Å². The zero-order valence-corrected chi connectivity index (χ0v) is 11.0. The van der Waals surface area contributed by atoms with Crippen LogP contribution >= 0.6 is 11.8 Å². The molecule has 0 aliphatic heterocycles. The highest BCUT2D eigenvalue weighted by Gasteiger charge is 2.01. The Kier molecular flexibility index (Phi) is 7.25. The van der Waals surface area contributed by atoms with Gasteiger partial charge in [-0.05, 0) is 13.3 Å². The summed E-state index contributed by atoms with van der Waals surface area (Å²) in [7, 11) is 0. The van der Waals surface area contributed by atoms with Crippen LogP contribution in [0.15, 0.2) is 11.5 Å². The van der Waals surface area contributed by atoms with E-state index in [4.69, 9.17) is 0 Å². The number of rotatable bonds is 9. The second-order valence-electron chi connectivity index (χ2n) is 3.99. The summed E-state index contributed by atoms with van der Waals surface area (Å²) in [6.45, 7) is 5.53. The largest absolute Gasteiger partial charge is 0.313 e. The Balaban J connectivity index is 1.94. The summed E-state index contributed by atoms with van der Waals surface area (Å²) in [5, 5.41) is 11.1. The molecule has 2 N–H and O–H groups in total. The molecule has 0 aliphatic carbocycles. The fourth-order valence-corrected chi connectivity index (χ4v) is 2.17. The fourth-order valence-electron chi connectivity index (χ4n) is 1.52. The first-order valence-corrected chi connectivity index (χ1v) is 7.03. The molecular formula is C11H22N4S. The number of unbranched alkanes of at least 4 members (excludes halogenated alkanes) is 2. The van der Waals surface area contributed by atoms with Gasteiger partial charge in [0, 0.05) is 18.3 Å². The van der Waals surface area contributed by atoms with Gasteiger partial charge in [0.2, 0.25) is 0 Å². The molecule has 1 rings (SSSR count). The number of thioether (sulfide) groups is 1. The number of aromatic nitrogens is 3. The highest BCUT2D eigenvalue weighted by atomic mass is 32.2. The van der Waals surface area contributed by atoms with Crippen LogP contribution in [0.4, 0.5) is 0 Å². The third-order valence-corrected chi connectivity index (χ3v) is 3.35. The number of aromatic amines is 1. The Morgan fingerprint density at radius 1 is 1.50 bits per heavy atom. The van der Waals surface area contributed by atoms with Gasteiger partial charge in [-0.3, -0.25) is 5.10 Å². The standard InChI is InChI=1S/C11H22N4S/c1-3-4-5-6-10(2)12-7-8-16-11-13-9-14-15-11/h9-10,12H,3-8H2,1-2H3,(H,13,14,15). The Hall–Kier alpha value is -0.550. The van der Waals surface area contributed by atoms with Crippen molar-refractivity contribution in [3.8, 4) is 0 Å². The Bertz CT molecular complexity index is 250. The van der Waals surface area contributed by atoms with E-state index in [2.05, 4.69) is 34.3 Å². The van der Waals surface area contributed by atoms with Gasteiger partial charge in [-0.25, -0.2) is 4.98 Å². The van der Waals surface area contributed by atoms with Gasteiger partial charge in [0.1, 0.15) is 6.33 Å². The van der Waals surface area contributed by atoms with Crippen molar-refractivity contribution >= 4 is 11.8 Å². The minimum atomic E-state index is 0.627. The van der Waals surface area contributed by atoms with Crippen molar-refractivity contribution in [3.63, 3.8) is 0 Å². The molecule has 0 amide bonds. The first-order valence-electron chi connectivity index (χ1n) is 6.04. The van der Waals surface area contributed by atoms with Gasteiger partial charge in [0.05, 0.1) is 0 Å². The number of nitrogens with one attached hydrogen (secondary N) is 2. The number of hydrogen-bond acceptors (Lipinski definition) is 4. The molecule has 5 heteroatoms. The third kappa shape index (κ3) is 6.12. The van der Waals surface area contributed by atoms with Crippen LogP contribution in [-0.2, 0) is 0 Å². The summed E-state index contributed by atoms with van der Waals surface area (Å²) < 4.78 is 0. The van der Waals surface area contributed by atoms with Gasteiger partial charge in [0.15, 0.2) is 5.16 Å². The lowest BCUT2D eigenvalue weighted by atomic mass is 10.1. The zero-order valence-electron chi connectivity index (χ0n) is 10.2. The predicted octanol–water partition coefficient (Wildman–Crippen LogP) is 2.46. The van der Waals surface area contributed by atoms with Gasteiger partial charge in [-0.15, -0.1) is 0 Å². The summed E-state index contributed by atoms with van der Waals surface area (Å²) in [5.41, 5.74) is 0. The van der Waals surface area contributed by atoms with Crippen molar-refractivity contribution in [2.24, 2.45) is 0 Å². The van der Waals surface area contributed by atoms with E-state index in [1.807, 2.05) is 0 Å². The fraction of sp³-hybridized carbons (Fsp3) is 0.818. The second kappa shape index (κ2) is 8.58. The van der Waals surface area contributed by atoms with Crippen LogP contribution in [0.5, 0.6) is 0 Å². The van der Waals surface area contributed by atoms with Crippen molar-refractivity contribution < 1.29 is 0 Å². The number of hydrogen-bond donors (Lipinski definition) is 2. The molecule has 1 aromatic heterocycles. The highest BCUT2D eigenvalue weighted by Crippen LogP contribution is 2.09. The molecule has 16 heavy (non-hydrogen) atoms. The van der Waals surface area contributed by atoms with Crippen molar-refractivity contribution in [1.29, 1.82) is 0 Å². The maximum absolute atomic E-state index is 4.06. The average Bonchev–Trinajstić information content (AvgIpc) is 2.78. The first kappa shape index (κ1) is 13.5. The minimum Gasteiger partial charge on any atom is -0.313 e. The maximum atomic E-state index is 4.06. The van der Waals surface area contributed by atoms with Gasteiger partial charge in [-0.1, -0.05) is 37.9 Å². The number of nitrogens with zero attached hydrogens (tertiary/aromatic N) is 2. The summed E-state index contributed by atoms with van der Waals surface area (Å²) in [6.07, 6.45) is 6.80. The van der Waals surface area contributed by atoms with E-state index in [0.717, 1.165) is 17.5 Å². The highest BCUT2D eigenvalue weighted by molar-refractivity contribution is 7.99.